The number of amides is 2. The molecule has 0 bridgehead atoms. The number of rotatable bonds is 2. The summed E-state index contributed by atoms with van der Waals surface area (Å²) in [7, 11) is 0. The lowest BCUT2D eigenvalue weighted by Crippen LogP contribution is -2.44. The van der Waals surface area contributed by atoms with Gasteiger partial charge in [0.1, 0.15) is 17.2 Å². The highest BCUT2D eigenvalue weighted by molar-refractivity contribution is 6.34. The molecule has 9 heteroatoms. The molecule has 1 aromatic heterocycles. The molecule has 3 rings (SSSR count). The van der Waals surface area contributed by atoms with Gasteiger partial charge in [0.05, 0.1) is 10.6 Å². The first kappa shape index (κ1) is 25.4. The van der Waals surface area contributed by atoms with Gasteiger partial charge in [-0.25, -0.2) is 9.18 Å². The molecule has 2 amide bonds. The van der Waals surface area contributed by atoms with Gasteiger partial charge in [0.2, 0.25) is 5.56 Å². The molecule has 0 radical (unpaired) electrons. The zero-order valence-corrected chi connectivity index (χ0v) is 19.5. The third kappa shape index (κ3) is 8.00. The number of aromatic nitrogens is 1. The van der Waals surface area contributed by atoms with Crippen molar-refractivity contribution in [1.29, 1.82) is 0 Å². The predicted octanol–water partition coefficient (Wildman–Crippen LogP) is 5.22. The van der Waals surface area contributed by atoms with Gasteiger partial charge in [-0.3, -0.25) is 9.59 Å². The molecule has 0 unspecified atom stereocenters. The largest absolute Gasteiger partial charge is 0.444 e. The van der Waals surface area contributed by atoms with E-state index in [1.165, 1.54) is 30.7 Å². The number of carbonyl (C=O) groups is 2. The Hall–Kier alpha value is -2.87. The summed E-state index contributed by atoms with van der Waals surface area (Å²) >= 11 is 5.75. The number of nitrogens with zero attached hydrogens (tertiary/aromatic N) is 1. The summed E-state index contributed by atoms with van der Waals surface area (Å²) < 4.78 is 18.2. The molecule has 1 aliphatic rings. The second-order valence-electron chi connectivity index (χ2n) is 8.53. The molecule has 174 valence electrons. The lowest BCUT2D eigenvalue weighted by molar-refractivity contribution is 0.0120. The SMILES string of the molecule is C[C@H]1CCCCN1C(=O)OC(C)(C)C.O=C(Nc1cccc(=O)[nH]1)c1ccc(F)cc1Cl. The van der Waals surface area contributed by atoms with Crippen LogP contribution < -0.4 is 10.9 Å². The molecule has 0 aliphatic carbocycles. The number of aromatic amines is 1. The van der Waals surface area contributed by atoms with E-state index in [4.69, 9.17) is 16.3 Å². The van der Waals surface area contributed by atoms with E-state index in [9.17, 15) is 18.8 Å². The molecular weight excluding hydrogens is 437 g/mol. The van der Waals surface area contributed by atoms with Crippen LogP contribution in [0.2, 0.25) is 5.02 Å². The van der Waals surface area contributed by atoms with Crippen LogP contribution in [0.15, 0.2) is 41.2 Å². The highest BCUT2D eigenvalue weighted by Gasteiger charge is 2.27. The van der Waals surface area contributed by atoms with Crippen LogP contribution in [0.5, 0.6) is 0 Å². The van der Waals surface area contributed by atoms with Gasteiger partial charge in [0, 0.05) is 18.7 Å². The summed E-state index contributed by atoms with van der Waals surface area (Å²) in [4.78, 5) is 38.9. The average Bonchev–Trinajstić information content (AvgIpc) is 2.67. The molecule has 2 heterocycles. The summed E-state index contributed by atoms with van der Waals surface area (Å²) in [6.07, 6.45) is 3.26. The Labute approximate surface area is 191 Å². The van der Waals surface area contributed by atoms with Crippen LogP contribution in [-0.4, -0.2) is 40.1 Å². The van der Waals surface area contributed by atoms with Crippen LogP contribution in [0.25, 0.3) is 0 Å². The average molecular weight is 466 g/mol. The maximum Gasteiger partial charge on any atom is 0.410 e. The molecule has 1 aliphatic heterocycles. The van der Waals surface area contributed by atoms with Gasteiger partial charge in [-0.15, -0.1) is 0 Å². The number of ether oxygens (including phenoxy) is 1. The maximum absolute atomic E-state index is 12.8. The molecule has 2 aromatic rings. The normalized spacial score (nSPS) is 15.9. The second-order valence-corrected chi connectivity index (χ2v) is 8.93. The second kappa shape index (κ2) is 11.1. The van der Waals surface area contributed by atoms with Gasteiger partial charge in [0.15, 0.2) is 0 Å². The lowest BCUT2D eigenvalue weighted by Gasteiger charge is -2.34. The van der Waals surface area contributed by atoms with Crippen molar-refractivity contribution in [2.24, 2.45) is 0 Å². The molecule has 1 fully saturated rings. The molecule has 1 atom stereocenters. The summed E-state index contributed by atoms with van der Waals surface area (Å²) in [6.45, 7) is 8.64. The van der Waals surface area contributed by atoms with Crippen LogP contribution >= 0.6 is 11.6 Å². The number of benzene rings is 1. The van der Waals surface area contributed by atoms with Crippen LogP contribution in [0.4, 0.5) is 15.0 Å². The molecule has 0 saturated carbocycles. The van der Waals surface area contributed by atoms with Crippen LogP contribution in [-0.2, 0) is 4.74 Å². The fourth-order valence-electron chi connectivity index (χ4n) is 3.07. The van der Waals surface area contributed by atoms with Crippen molar-refractivity contribution in [1.82, 2.24) is 9.88 Å². The van der Waals surface area contributed by atoms with E-state index in [2.05, 4.69) is 17.2 Å². The molecule has 1 saturated heterocycles. The third-order valence-electron chi connectivity index (χ3n) is 4.62. The number of H-pyrrole nitrogens is 1. The van der Waals surface area contributed by atoms with E-state index in [-0.39, 0.29) is 33.7 Å². The number of anilines is 1. The molecule has 0 spiro atoms. The van der Waals surface area contributed by atoms with Gasteiger partial charge >= 0.3 is 6.09 Å². The topological polar surface area (TPSA) is 91.5 Å². The molecular formula is C23H29ClFN3O4. The van der Waals surface area contributed by atoms with E-state index in [1.54, 1.807) is 0 Å². The van der Waals surface area contributed by atoms with Gasteiger partial charge in [-0.2, -0.15) is 0 Å². The zero-order valence-electron chi connectivity index (χ0n) is 18.7. The van der Waals surface area contributed by atoms with Gasteiger partial charge in [-0.1, -0.05) is 17.7 Å². The Balaban J connectivity index is 0.000000235. The Morgan fingerprint density at radius 2 is 1.94 bits per heavy atom. The smallest absolute Gasteiger partial charge is 0.410 e. The van der Waals surface area contributed by atoms with Crippen molar-refractivity contribution < 1.29 is 18.7 Å². The standard InChI is InChI=1S/C12H8ClFN2O2.C11H21NO2/c13-9-6-7(14)4-5-8(9)12(18)16-10-2-1-3-11(17)15-10;1-9-7-5-6-8-12(9)10(13)14-11(2,3)4/h1-6H,(H2,15,16,17,18);9H,5-8H2,1-4H3/t;9-/m.0/s1. The van der Waals surface area contributed by atoms with Crippen LogP contribution in [0.1, 0.15) is 57.3 Å². The van der Waals surface area contributed by atoms with Crippen molar-refractivity contribution in [3.05, 3.63) is 63.2 Å². The predicted molar refractivity (Wildman–Crippen MR) is 123 cm³/mol. The Bertz CT molecular complexity index is 1000. The number of likely N-dealkylation sites (tertiary alicyclic amines) is 1. The molecule has 1 aromatic carbocycles. The zero-order chi connectivity index (χ0) is 23.9. The Kier molecular flexibility index (Phi) is 8.83. The summed E-state index contributed by atoms with van der Waals surface area (Å²) in [5.41, 5.74) is -0.588. The highest BCUT2D eigenvalue weighted by Crippen LogP contribution is 2.20. The Morgan fingerprint density at radius 3 is 2.53 bits per heavy atom. The third-order valence-corrected chi connectivity index (χ3v) is 4.94. The van der Waals surface area contributed by atoms with Gasteiger partial charge in [-0.05, 0) is 71.2 Å². The van der Waals surface area contributed by atoms with E-state index < -0.39 is 11.7 Å². The number of carbonyl (C=O) groups excluding carboxylic acids is 2. The molecule has 7 nitrogen and oxygen atoms in total. The minimum absolute atomic E-state index is 0.00535. The summed E-state index contributed by atoms with van der Waals surface area (Å²) in [5.74, 6) is -0.806. The number of halogens is 2. The highest BCUT2D eigenvalue weighted by atomic mass is 35.5. The quantitative estimate of drug-likeness (QED) is 0.636. The number of hydrogen-bond acceptors (Lipinski definition) is 4. The van der Waals surface area contributed by atoms with Crippen LogP contribution in [0, 0.1) is 5.82 Å². The lowest BCUT2D eigenvalue weighted by atomic mass is 10.0. The van der Waals surface area contributed by atoms with Crippen molar-refractivity contribution in [2.75, 3.05) is 11.9 Å². The monoisotopic (exact) mass is 465 g/mol. The molecule has 2 N–H and O–H groups in total. The first-order valence-corrected chi connectivity index (χ1v) is 10.8. The first-order chi connectivity index (χ1) is 15.0. The minimum atomic E-state index is -0.526. The number of nitrogens with one attached hydrogen (secondary N) is 2. The summed E-state index contributed by atoms with van der Waals surface area (Å²) in [6, 6.07) is 8.13. The van der Waals surface area contributed by atoms with E-state index in [0.29, 0.717) is 6.04 Å². The number of piperidine rings is 1. The number of pyridine rings is 1. The van der Waals surface area contributed by atoms with E-state index in [1.807, 2.05) is 25.7 Å². The first-order valence-electron chi connectivity index (χ1n) is 10.4. The Morgan fingerprint density at radius 1 is 1.22 bits per heavy atom. The van der Waals surface area contributed by atoms with Crippen molar-refractivity contribution in [3.8, 4) is 0 Å². The summed E-state index contributed by atoms with van der Waals surface area (Å²) in [5, 5.41) is 2.46. The fraction of sp³-hybridized carbons (Fsp3) is 0.435. The molecule has 32 heavy (non-hydrogen) atoms. The van der Waals surface area contributed by atoms with E-state index in [0.717, 1.165) is 31.5 Å². The minimum Gasteiger partial charge on any atom is -0.444 e. The van der Waals surface area contributed by atoms with Crippen molar-refractivity contribution in [2.45, 2.75) is 58.6 Å². The van der Waals surface area contributed by atoms with E-state index >= 15 is 0 Å². The van der Waals surface area contributed by atoms with Crippen molar-refractivity contribution in [3.63, 3.8) is 0 Å². The maximum atomic E-state index is 12.8. The van der Waals surface area contributed by atoms with Crippen molar-refractivity contribution >= 4 is 29.4 Å². The van der Waals surface area contributed by atoms with Crippen LogP contribution in [0.3, 0.4) is 0 Å². The van der Waals surface area contributed by atoms with Gasteiger partial charge in [0.25, 0.3) is 5.91 Å². The number of hydrogen-bond donors (Lipinski definition) is 2. The van der Waals surface area contributed by atoms with Gasteiger partial charge < -0.3 is 19.9 Å². The fourth-order valence-corrected chi connectivity index (χ4v) is 3.33.